The molecule has 2 rings (SSSR count). The second-order valence-corrected chi connectivity index (χ2v) is 5.52. The van der Waals surface area contributed by atoms with Crippen molar-refractivity contribution in [2.75, 3.05) is 0 Å². The number of rotatable bonds is 5. The summed E-state index contributed by atoms with van der Waals surface area (Å²) in [5.74, 6) is 0. The zero-order valence-electron chi connectivity index (χ0n) is 11.1. The number of pyridine rings is 1. The van der Waals surface area contributed by atoms with Crippen LogP contribution in [-0.4, -0.2) is 10.4 Å². The van der Waals surface area contributed by atoms with Crippen molar-refractivity contribution in [2.24, 2.45) is 0 Å². The van der Waals surface area contributed by atoms with E-state index in [1.54, 1.807) is 0 Å². The van der Waals surface area contributed by atoms with Gasteiger partial charge in [0.1, 0.15) is 0 Å². The average molecular weight is 262 g/mol. The van der Waals surface area contributed by atoms with Crippen molar-refractivity contribution < 1.29 is 0 Å². The molecule has 0 amide bonds. The summed E-state index contributed by atoms with van der Waals surface area (Å²) in [6.45, 7) is 4.20. The molecular weight excluding hydrogens is 242 g/mol. The second kappa shape index (κ2) is 6.19. The van der Waals surface area contributed by atoms with Gasteiger partial charge < -0.3 is 0 Å². The summed E-state index contributed by atoms with van der Waals surface area (Å²) >= 11 is 6.26. The van der Waals surface area contributed by atoms with E-state index in [0.717, 1.165) is 36.9 Å². The fourth-order valence-electron chi connectivity index (χ4n) is 2.21. The van der Waals surface area contributed by atoms with Crippen molar-refractivity contribution in [3.05, 3.63) is 41.6 Å². The number of halogens is 1. The third-order valence-corrected chi connectivity index (χ3v) is 3.68. The summed E-state index contributed by atoms with van der Waals surface area (Å²) in [7, 11) is 0. The molecule has 0 saturated heterocycles. The van der Waals surface area contributed by atoms with Gasteiger partial charge in [-0.05, 0) is 49.9 Å². The largest absolute Gasteiger partial charge is 0.253 e. The highest BCUT2D eigenvalue weighted by Crippen LogP contribution is 2.18. The van der Waals surface area contributed by atoms with Gasteiger partial charge >= 0.3 is 0 Å². The molecule has 1 aromatic carbocycles. The van der Waals surface area contributed by atoms with E-state index in [9.17, 15) is 0 Å². The molecule has 1 heterocycles. The third kappa shape index (κ3) is 3.46. The van der Waals surface area contributed by atoms with Crippen LogP contribution < -0.4 is 0 Å². The van der Waals surface area contributed by atoms with Gasteiger partial charge in [0, 0.05) is 16.5 Å². The van der Waals surface area contributed by atoms with Crippen LogP contribution in [0.3, 0.4) is 0 Å². The number of hydrogen-bond donors (Lipinski definition) is 0. The molecule has 1 unspecified atom stereocenters. The fraction of sp³-hybridized carbons (Fsp3) is 0.438. The number of hydrogen-bond acceptors (Lipinski definition) is 1. The third-order valence-electron chi connectivity index (χ3n) is 3.24. The average Bonchev–Trinajstić information content (AvgIpc) is 2.36. The van der Waals surface area contributed by atoms with E-state index in [1.807, 2.05) is 6.92 Å². The van der Waals surface area contributed by atoms with E-state index >= 15 is 0 Å². The maximum Gasteiger partial charge on any atom is 0.0705 e. The van der Waals surface area contributed by atoms with Crippen molar-refractivity contribution in [3.63, 3.8) is 0 Å². The van der Waals surface area contributed by atoms with E-state index in [2.05, 4.69) is 42.2 Å². The molecule has 18 heavy (non-hydrogen) atoms. The lowest BCUT2D eigenvalue weighted by Gasteiger charge is -2.08. The van der Waals surface area contributed by atoms with Gasteiger partial charge in [0.2, 0.25) is 0 Å². The molecule has 2 aromatic rings. The van der Waals surface area contributed by atoms with Crippen molar-refractivity contribution in [2.45, 2.75) is 44.9 Å². The maximum absolute atomic E-state index is 6.26. The highest BCUT2D eigenvalue weighted by atomic mass is 35.5. The standard InChI is InChI=1S/C16H20ClN/c1-3-4-15(17)9-6-13-7-10-16-14(11-13)8-5-12(2)18-16/h5,7-8,10-11,15H,3-4,6,9H2,1-2H3. The number of nitrogens with zero attached hydrogens (tertiary/aromatic N) is 1. The monoisotopic (exact) mass is 261 g/mol. The van der Waals surface area contributed by atoms with Gasteiger partial charge in [-0.15, -0.1) is 11.6 Å². The van der Waals surface area contributed by atoms with Crippen LogP contribution in [0, 0.1) is 6.92 Å². The van der Waals surface area contributed by atoms with Crippen LogP contribution in [0.25, 0.3) is 10.9 Å². The summed E-state index contributed by atoms with van der Waals surface area (Å²) in [5, 5.41) is 1.53. The first kappa shape index (κ1) is 13.4. The zero-order chi connectivity index (χ0) is 13.0. The minimum Gasteiger partial charge on any atom is -0.253 e. The van der Waals surface area contributed by atoms with Crippen LogP contribution in [-0.2, 0) is 6.42 Å². The molecule has 1 atom stereocenters. The van der Waals surface area contributed by atoms with Crippen LogP contribution in [0.4, 0.5) is 0 Å². The minimum atomic E-state index is 0.307. The van der Waals surface area contributed by atoms with Gasteiger partial charge in [0.25, 0.3) is 0 Å². The Kier molecular flexibility index (Phi) is 4.60. The molecule has 0 radical (unpaired) electrons. The first-order valence-corrected chi connectivity index (χ1v) is 7.13. The molecule has 2 heteroatoms. The lowest BCUT2D eigenvalue weighted by molar-refractivity contribution is 0.676. The Morgan fingerprint density at radius 1 is 1.17 bits per heavy atom. The summed E-state index contributed by atoms with van der Waals surface area (Å²) in [4.78, 5) is 4.52. The van der Waals surface area contributed by atoms with E-state index in [4.69, 9.17) is 11.6 Å². The fourth-order valence-corrected chi connectivity index (χ4v) is 2.54. The summed E-state index contributed by atoms with van der Waals surface area (Å²) in [6, 6.07) is 10.7. The van der Waals surface area contributed by atoms with Gasteiger partial charge in [-0.2, -0.15) is 0 Å². The van der Waals surface area contributed by atoms with Crippen LogP contribution in [0.15, 0.2) is 30.3 Å². The number of fused-ring (bicyclic) bond motifs is 1. The van der Waals surface area contributed by atoms with Crippen LogP contribution in [0.1, 0.15) is 37.4 Å². The zero-order valence-corrected chi connectivity index (χ0v) is 11.9. The molecule has 0 N–H and O–H groups in total. The first-order valence-electron chi connectivity index (χ1n) is 6.69. The molecular formula is C16H20ClN. The van der Waals surface area contributed by atoms with E-state index in [0.29, 0.717) is 5.38 Å². The number of benzene rings is 1. The molecule has 1 aromatic heterocycles. The number of aryl methyl sites for hydroxylation is 2. The van der Waals surface area contributed by atoms with E-state index in [-0.39, 0.29) is 0 Å². The van der Waals surface area contributed by atoms with Crippen LogP contribution in [0.5, 0.6) is 0 Å². The number of alkyl halides is 1. The van der Waals surface area contributed by atoms with E-state index < -0.39 is 0 Å². The Morgan fingerprint density at radius 3 is 2.78 bits per heavy atom. The Bertz CT molecular complexity index is 521. The Hall–Kier alpha value is -1.08. The first-order chi connectivity index (χ1) is 8.69. The Morgan fingerprint density at radius 2 is 2.00 bits per heavy atom. The van der Waals surface area contributed by atoms with E-state index in [1.165, 1.54) is 10.9 Å². The second-order valence-electron chi connectivity index (χ2n) is 4.90. The minimum absolute atomic E-state index is 0.307. The highest BCUT2D eigenvalue weighted by Gasteiger charge is 2.04. The maximum atomic E-state index is 6.26. The molecule has 0 aliphatic heterocycles. The summed E-state index contributed by atoms with van der Waals surface area (Å²) < 4.78 is 0. The molecule has 0 fully saturated rings. The SMILES string of the molecule is CCCC(Cl)CCc1ccc2nc(C)ccc2c1. The predicted octanol–water partition coefficient (Wildman–Crippen LogP) is 4.88. The summed E-state index contributed by atoms with van der Waals surface area (Å²) in [5.41, 5.74) is 3.50. The van der Waals surface area contributed by atoms with Gasteiger partial charge in [-0.3, -0.25) is 4.98 Å². The topological polar surface area (TPSA) is 12.9 Å². The number of aromatic nitrogens is 1. The van der Waals surface area contributed by atoms with Crippen molar-refractivity contribution >= 4 is 22.5 Å². The molecule has 0 aliphatic carbocycles. The predicted molar refractivity (Wildman–Crippen MR) is 79.4 cm³/mol. The van der Waals surface area contributed by atoms with Gasteiger partial charge in [0.15, 0.2) is 0 Å². The normalized spacial score (nSPS) is 12.8. The summed E-state index contributed by atoms with van der Waals surface area (Å²) in [6.07, 6.45) is 4.38. The highest BCUT2D eigenvalue weighted by molar-refractivity contribution is 6.20. The Labute approximate surface area is 114 Å². The van der Waals surface area contributed by atoms with Gasteiger partial charge in [-0.1, -0.05) is 25.5 Å². The lowest BCUT2D eigenvalue weighted by atomic mass is 10.0. The molecule has 0 saturated carbocycles. The molecule has 0 aliphatic rings. The van der Waals surface area contributed by atoms with Crippen LogP contribution >= 0.6 is 11.6 Å². The van der Waals surface area contributed by atoms with Crippen molar-refractivity contribution in [1.29, 1.82) is 0 Å². The van der Waals surface area contributed by atoms with Gasteiger partial charge in [0.05, 0.1) is 5.52 Å². The molecule has 1 nitrogen and oxygen atoms in total. The molecule has 0 spiro atoms. The van der Waals surface area contributed by atoms with Crippen LogP contribution in [0.2, 0.25) is 0 Å². The Balaban J connectivity index is 2.08. The lowest BCUT2D eigenvalue weighted by Crippen LogP contribution is -2.00. The molecule has 96 valence electrons. The van der Waals surface area contributed by atoms with Crippen molar-refractivity contribution in [1.82, 2.24) is 4.98 Å². The smallest absolute Gasteiger partial charge is 0.0705 e. The quantitative estimate of drug-likeness (QED) is 0.699. The van der Waals surface area contributed by atoms with Gasteiger partial charge in [-0.25, -0.2) is 0 Å². The van der Waals surface area contributed by atoms with Crippen molar-refractivity contribution in [3.8, 4) is 0 Å². The molecule has 0 bridgehead atoms.